The molecule has 2 rings (SSSR count). The molecule has 1 nitrogen and oxygen atoms in total. The summed E-state index contributed by atoms with van der Waals surface area (Å²) in [7, 11) is 0. The normalized spacial score (nSPS) is 12.4. The summed E-state index contributed by atoms with van der Waals surface area (Å²) < 4.78 is 26.1. The highest BCUT2D eigenvalue weighted by molar-refractivity contribution is 6.42. The Morgan fingerprint density at radius 3 is 2.29 bits per heavy atom. The number of nitrogens with one attached hydrogen (secondary N) is 1. The third kappa shape index (κ3) is 4.67. The summed E-state index contributed by atoms with van der Waals surface area (Å²) in [5, 5.41) is 4.31. The Balaban J connectivity index is 1.91. The van der Waals surface area contributed by atoms with Gasteiger partial charge in [0.15, 0.2) is 0 Å². The second-order valence-electron chi connectivity index (χ2n) is 4.88. The maximum atomic E-state index is 13.1. The molecule has 0 aliphatic carbocycles. The topological polar surface area (TPSA) is 12.0 Å². The summed E-state index contributed by atoms with van der Waals surface area (Å²) in [6.07, 6.45) is 0.542. The first kappa shape index (κ1) is 16.2. The van der Waals surface area contributed by atoms with Crippen LogP contribution in [0.2, 0.25) is 10.0 Å². The van der Waals surface area contributed by atoms with Crippen molar-refractivity contribution in [1.82, 2.24) is 5.32 Å². The lowest BCUT2D eigenvalue weighted by atomic mass is 10.1. The molecule has 2 aromatic carbocycles. The Morgan fingerprint density at radius 2 is 1.67 bits per heavy atom. The summed E-state index contributed by atoms with van der Waals surface area (Å²) in [6, 6.07) is 9.08. The first-order valence-corrected chi connectivity index (χ1v) is 7.34. The monoisotopic (exact) mass is 329 g/mol. The largest absolute Gasteiger partial charge is 0.310 e. The third-order valence-corrected chi connectivity index (χ3v) is 3.97. The van der Waals surface area contributed by atoms with Crippen molar-refractivity contribution in [1.29, 1.82) is 0 Å². The molecule has 0 aromatic heterocycles. The van der Waals surface area contributed by atoms with E-state index in [1.165, 1.54) is 12.1 Å². The molecule has 21 heavy (non-hydrogen) atoms. The van der Waals surface area contributed by atoms with E-state index in [1.807, 2.05) is 19.1 Å². The van der Waals surface area contributed by atoms with E-state index >= 15 is 0 Å². The highest BCUT2D eigenvalue weighted by Gasteiger charge is 2.07. The number of hydrogen-bond donors (Lipinski definition) is 1. The zero-order valence-electron chi connectivity index (χ0n) is 11.5. The molecule has 0 fully saturated rings. The molecule has 1 N–H and O–H groups in total. The Bertz CT molecular complexity index is 611. The molecule has 5 heteroatoms. The van der Waals surface area contributed by atoms with Crippen molar-refractivity contribution in [2.45, 2.75) is 19.4 Å². The molecular weight excluding hydrogens is 315 g/mol. The van der Waals surface area contributed by atoms with Gasteiger partial charge in [-0.2, -0.15) is 0 Å². The van der Waals surface area contributed by atoms with Crippen LogP contribution in [0.1, 0.15) is 24.1 Å². The van der Waals surface area contributed by atoms with E-state index in [0.717, 1.165) is 11.6 Å². The first-order chi connectivity index (χ1) is 9.95. The lowest BCUT2D eigenvalue weighted by Gasteiger charge is -2.15. The quantitative estimate of drug-likeness (QED) is 0.798. The Kier molecular flexibility index (Phi) is 5.57. The molecule has 0 bridgehead atoms. The molecule has 1 atom stereocenters. The molecular formula is C16H15Cl2F2N. The highest BCUT2D eigenvalue weighted by atomic mass is 35.5. The molecule has 0 amide bonds. The van der Waals surface area contributed by atoms with Crippen LogP contribution in [0.4, 0.5) is 8.78 Å². The van der Waals surface area contributed by atoms with Gasteiger partial charge in [0.2, 0.25) is 0 Å². The van der Waals surface area contributed by atoms with Crippen LogP contribution in [0, 0.1) is 11.6 Å². The zero-order valence-corrected chi connectivity index (χ0v) is 13.0. The smallest absolute Gasteiger partial charge is 0.126 e. The van der Waals surface area contributed by atoms with Gasteiger partial charge in [-0.15, -0.1) is 0 Å². The van der Waals surface area contributed by atoms with Crippen molar-refractivity contribution in [2.24, 2.45) is 0 Å². The summed E-state index contributed by atoms with van der Waals surface area (Å²) in [4.78, 5) is 0. The van der Waals surface area contributed by atoms with Gasteiger partial charge in [0.1, 0.15) is 11.6 Å². The summed E-state index contributed by atoms with van der Waals surface area (Å²) in [6.45, 7) is 2.59. The fraction of sp³-hybridized carbons (Fsp3) is 0.250. The number of hydrogen-bond acceptors (Lipinski definition) is 1. The second kappa shape index (κ2) is 7.21. The molecule has 0 radical (unpaired) electrons. The molecule has 0 heterocycles. The SMILES string of the molecule is CC(NCCc1cc(F)cc(F)c1)c1ccc(Cl)c(Cl)c1. The number of halogens is 4. The zero-order chi connectivity index (χ0) is 15.4. The van der Waals surface area contributed by atoms with Crippen molar-refractivity contribution in [3.63, 3.8) is 0 Å². The number of rotatable bonds is 5. The predicted molar refractivity (Wildman–Crippen MR) is 82.9 cm³/mol. The standard InChI is InChI=1S/C16H15Cl2F2N/c1-10(12-2-3-15(17)16(18)8-12)21-5-4-11-6-13(19)9-14(20)7-11/h2-3,6-10,21H,4-5H2,1H3. The van der Waals surface area contributed by atoms with Gasteiger partial charge in [-0.3, -0.25) is 0 Å². The Hall–Kier alpha value is -1.16. The van der Waals surface area contributed by atoms with E-state index in [1.54, 1.807) is 6.07 Å². The van der Waals surface area contributed by atoms with Gasteiger partial charge in [0.25, 0.3) is 0 Å². The minimum Gasteiger partial charge on any atom is -0.310 e. The molecule has 1 unspecified atom stereocenters. The molecule has 0 aliphatic heterocycles. The van der Waals surface area contributed by atoms with Crippen LogP contribution in [0.5, 0.6) is 0 Å². The van der Waals surface area contributed by atoms with Crippen molar-refractivity contribution in [3.8, 4) is 0 Å². The van der Waals surface area contributed by atoms with E-state index < -0.39 is 11.6 Å². The predicted octanol–water partition coefficient (Wildman–Crippen LogP) is 5.16. The molecule has 0 aliphatic rings. The molecule has 2 aromatic rings. The van der Waals surface area contributed by atoms with Crippen LogP contribution in [0.15, 0.2) is 36.4 Å². The van der Waals surface area contributed by atoms with Crippen LogP contribution in [0.25, 0.3) is 0 Å². The first-order valence-electron chi connectivity index (χ1n) is 6.59. The van der Waals surface area contributed by atoms with E-state index in [2.05, 4.69) is 5.32 Å². The van der Waals surface area contributed by atoms with Crippen molar-refractivity contribution >= 4 is 23.2 Å². The maximum absolute atomic E-state index is 13.1. The van der Waals surface area contributed by atoms with E-state index in [9.17, 15) is 8.78 Å². The van der Waals surface area contributed by atoms with Gasteiger partial charge in [0, 0.05) is 12.1 Å². The Morgan fingerprint density at radius 1 is 1.00 bits per heavy atom. The average Bonchev–Trinajstić information content (AvgIpc) is 2.40. The minimum atomic E-state index is -0.553. The van der Waals surface area contributed by atoms with E-state index in [4.69, 9.17) is 23.2 Å². The van der Waals surface area contributed by atoms with Gasteiger partial charge in [-0.25, -0.2) is 8.78 Å². The average molecular weight is 330 g/mol. The lowest BCUT2D eigenvalue weighted by molar-refractivity contribution is 0.563. The molecule has 0 spiro atoms. The van der Waals surface area contributed by atoms with Crippen LogP contribution in [-0.2, 0) is 6.42 Å². The minimum absolute atomic E-state index is 0.0678. The maximum Gasteiger partial charge on any atom is 0.126 e. The van der Waals surface area contributed by atoms with Crippen molar-refractivity contribution in [3.05, 3.63) is 69.2 Å². The summed E-state index contributed by atoms with van der Waals surface area (Å²) >= 11 is 11.9. The lowest BCUT2D eigenvalue weighted by Crippen LogP contribution is -2.21. The van der Waals surface area contributed by atoms with Gasteiger partial charge >= 0.3 is 0 Å². The molecule has 112 valence electrons. The molecule has 0 saturated carbocycles. The summed E-state index contributed by atoms with van der Waals surface area (Å²) in [5.74, 6) is -1.11. The molecule has 0 saturated heterocycles. The third-order valence-electron chi connectivity index (χ3n) is 3.23. The van der Waals surface area contributed by atoms with E-state index in [-0.39, 0.29) is 6.04 Å². The van der Waals surface area contributed by atoms with E-state index in [0.29, 0.717) is 28.6 Å². The summed E-state index contributed by atoms with van der Waals surface area (Å²) in [5.41, 5.74) is 1.64. The fourth-order valence-corrected chi connectivity index (χ4v) is 2.39. The Labute approximate surface area is 132 Å². The van der Waals surface area contributed by atoms with Crippen LogP contribution < -0.4 is 5.32 Å². The second-order valence-corrected chi connectivity index (χ2v) is 5.69. The van der Waals surface area contributed by atoms with Gasteiger partial charge in [-0.1, -0.05) is 29.3 Å². The van der Waals surface area contributed by atoms with Crippen LogP contribution in [0.3, 0.4) is 0 Å². The van der Waals surface area contributed by atoms with Gasteiger partial charge < -0.3 is 5.32 Å². The van der Waals surface area contributed by atoms with Crippen LogP contribution in [-0.4, -0.2) is 6.54 Å². The van der Waals surface area contributed by atoms with Crippen molar-refractivity contribution in [2.75, 3.05) is 6.54 Å². The van der Waals surface area contributed by atoms with Gasteiger partial charge in [0.05, 0.1) is 10.0 Å². The van der Waals surface area contributed by atoms with Crippen molar-refractivity contribution < 1.29 is 8.78 Å². The number of benzene rings is 2. The fourth-order valence-electron chi connectivity index (χ4n) is 2.09. The highest BCUT2D eigenvalue weighted by Crippen LogP contribution is 2.25. The van der Waals surface area contributed by atoms with Crippen LogP contribution >= 0.6 is 23.2 Å². The van der Waals surface area contributed by atoms with Gasteiger partial charge in [-0.05, 0) is 55.3 Å².